The molecule has 0 saturated heterocycles. The maximum absolute atomic E-state index is 12.5. The van der Waals surface area contributed by atoms with Crippen LogP contribution in [0.4, 0.5) is 0 Å². The lowest BCUT2D eigenvalue weighted by Crippen LogP contribution is -2.22. The number of ether oxygens (including phenoxy) is 1. The first-order valence-corrected chi connectivity index (χ1v) is 10.7. The lowest BCUT2D eigenvalue weighted by molar-refractivity contribution is 0.104. The van der Waals surface area contributed by atoms with Gasteiger partial charge in [-0.25, -0.2) is 12.7 Å². The summed E-state index contributed by atoms with van der Waals surface area (Å²) in [6, 6.07) is 17.1. The zero-order chi connectivity index (χ0) is 21.6. The molecule has 0 amide bonds. The minimum Gasteiger partial charge on any atom is -0.488 e. The third kappa shape index (κ3) is 5.20. The third-order valence-corrected chi connectivity index (χ3v) is 6.20. The Bertz CT molecular complexity index is 1140. The van der Waals surface area contributed by atoms with Crippen molar-refractivity contribution >= 4 is 21.9 Å². The van der Waals surface area contributed by atoms with Crippen LogP contribution >= 0.6 is 0 Å². The predicted octanol–water partition coefficient (Wildman–Crippen LogP) is 3.81. The number of carbonyl (C=O) groups excluding carboxylic acids is 1. The molecule has 7 heteroatoms. The number of carbonyl (C=O) groups is 1. The van der Waals surface area contributed by atoms with Crippen LogP contribution in [0, 0.1) is 0 Å². The van der Waals surface area contributed by atoms with Crippen LogP contribution in [-0.4, -0.2) is 37.6 Å². The minimum absolute atomic E-state index is 0.141. The summed E-state index contributed by atoms with van der Waals surface area (Å²) in [4.78, 5) is 16.7. The number of hydrogen-bond donors (Lipinski definition) is 0. The Kier molecular flexibility index (Phi) is 6.76. The van der Waals surface area contributed by atoms with Crippen LogP contribution in [-0.2, 0) is 16.6 Å². The fourth-order valence-electron chi connectivity index (χ4n) is 2.66. The van der Waals surface area contributed by atoms with Gasteiger partial charge >= 0.3 is 0 Å². The molecule has 0 aliphatic carbocycles. The Hall–Kier alpha value is -3.29. The van der Waals surface area contributed by atoms with E-state index in [0.29, 0.717) is 17.9 Å². The van der Waals surface area contributed by atoms with Gasteiger partial charge in [-0.15, -0.1) is 0 Å². The first-order valence-electron chi connectivity index (χ1n) is 9.23. The maximum Gasteiger partial charge on any atom is 0.242 e. The number of rotatable bonds is 8. The highest BCUT2D eigenvalue weighted by atomic mass is 32.2. The first-order chi connectivity index (χ1) is 14.4. The van der Waals surface area contributed by atoms with Gasteiger partial charge in [0, 0.05) is 43.2 Å². The summed E-state index contributed by atoms with van der Waals surface area (Å²) in [5.74, 6) is 0.420. The van der Waals surface area contributed by atoms with Crippen LogP contribution in [0.3, 0.4) is 0 Å². The average Bonchev–Trinajstić information content (AvgIpc) is 2.77. The van der Waals surface area contributed by atoms with Gasteiger partial charge in [-0.05, 0) is 48.6 Å². The normalized spacial score (nSPS) is 11.7. The van der Waals surface area contributed by atoms with E-state index in [1.165, 1.54) is 44.4 Å². The highest BCUT2D eigenvalue weighted by molar-refractivity contribution is 7.89. The number of allylic oxidation sites excluding steroid dienone is 1. The molecule has 0 unspecified atom stereocenters. The quantitative estimate of drug-likeness (QED) is 0.408. The van der Waals surface area contributed by atoms with Crippen LogP contribution in [0.2, 0.25) is 0 Å². The molecule has 3 aromatic rings. The highest BCUT2D eigenvalue weighted by Crippen LogP contribution is 2.21. The highest BCUT2D eigenvalue weighted by Gasteiger charge is 2.17. The molecule has 0 radical (unpaired) electrons. The first kappa shape index (κ1) is 21.4. The van der Waals surface area contributed by atoms with Gasteiger partial charge in [-0.3, -0.25) is 9.78 Å². The summed E-state index contributed by atoms with van der Waals surface area (Å²) in [7, 11) is -0.600. The average molecular weight is 423 g/mol. The summed E-state index contributed by atoms with van der Waals surface area (Å²) in [6.45, 7) is 0.369. The molecule has 0 N–H and O–H groups in total. The van der Waals surface area contributed by atoms with E-state index < -0.39 is 10.0 Å². The number of aromatic nitrogens is 1. The predicted molar refractivity (Wildman–Crippen MR) is 116 cm³/mol. The SMILES string of the molecule is CN(C)S(=O)(=O)c1ccc(C(=O)/C=C/c2ccccc2OCc2cccnc2)cc1. The van der Waals surface area contributed by atoms with Gasteiger partial charge in [-0.1, -0.05) is 24.3 Å². The second-order valence-electron chi connectivity index (χ2n) is 6.70. The van der Waals surface area contributed by atoms with Crippen molar-refractivity contribution in [2.24, 2.45) is 0 Å². The number of nitrogens with zero attached hydrogens (tertiary/aromatic N) is 2. The van der Waals surface area contributed by atoms with E-state index in [4.69, 9.17) is 4.74 Å². The molecule has 0 spiro atoms. The van der Waals surface area contributed by atoms with E-state index in [2.05, 4.69) is 4.98 Å². The van der Waals surface area contributed by atoms with Gasteiger partial charge < -0.3 is 4.74 Å². The molecule has 1 aromatic heterocycles. The number of sulfonamides is 1. The van der Waals surface area contributed by atoms with Crippen molar-refractivity contribution < 1.29 is 17.9 Å². The van der Waals surface area contributed by atoms with E-state index in [1.54, 1.807) is 18.5 Å². The molecule has 0 aliphatic rings. The van der Waals surface area contributed by atoms with Gasteiger partial charge in [0.15, 0.2) is 5.78 Å². The van der Waals surface area contributed by atoms with E-state index in [1.807, 2.05) is 36.4 Å². The van der Waals surface area contributed by atoms with Crippen LogP contribution in [0.1, 0.15) is 21.5 Å². The van der Waals surface area contributed by atoms with Crippen molar-refractivity contribution in [2.75, 3.05) is 14.1 Å². The van der Waals surface area contributed by atoms with Crippen LogP contribution < -0.4 is 4.74 Å². The van der Waals surface area contributed by atoms with Gasteiger partial charge in [0.2, 0.25) is 10.0 Å². The second-order valence-corrected chi connectivity index (χ2v) is 8.85. The minimum atomic E-state index is -3.53. The monoisotopic (exact) mass is 422 g/mol. The van der Waals surface area contributed by atoms with Crippen molar-refractivity contribution in [2.45, 2.75) is 11.5 Å². The standard InChI is InChI=1S/C23H22N2O4S/c1-25(2)30(27,28)21-12-9-19(10-13-21)22(26)14-11-20-7-3-4-8-23(20)29-17-18-6-5-15-24-16-18/h3-16H,17H2,1-2H3/b14-11+. The number of ketones is 1. The summed E-state index contributed by atoms with van der Waals surface area (Å²) in [5, 5.41) is 0. The van der Waals surface area contributed by atoms with Crippen molar-refractivity contribution in [1.29, 1.82) is 0 Å². The molecule has 3 rings (SSSR count). The van der Waals surface area contributed by atoms with Gasteiger partial charge in [0.05, 0.1) is 4.90 Å². The van der Waals surface area contributed by atoms with Crippen LogP contribution in [0.5, 0.6) is 5.75 Å². The number of pyridine rings is 1. The Morgan fingerprint density at radius 3 is 2.43 bits per heavy atom. The molecule has 2 aromatic carbocycles. The molecule has 0 atom stereocenters. The lowest BCUT2D eigenvalue weighted by atomic mass is 10.1. The van der Waals surface area contributed by atoms with Crippen molar-refractivity contribution in [1.82, 2.24) is 9.29 Å². The molecule has 1 heterocycles. The van der Waals surface area contributed by atoms with Crippen LogP contribution in [0.15, 0.2) is 84.0 Å². The number of para-hydroxylation sites is 1. The zero-order valence-electron chi connectivity index (χ0n) is 16.7. The smallest absolute Gasteiger partial charge is 0.242 e. The molecule has 154 valence electrons. The van der Waals surface area contributed by atoms with Gasteiger partial charge in [0.25, 0.3) is 0 Å². The van der Waals surface area contributed by atoms with Gasteiger partial charge in [0.1, 0.15) is 12.4 Å². The fourth-order valence-corrected chi connectivity index (χ4v) is 3.56. The summed E-state index contributed by atoms with van der Waals surface area (Å²) in [6.07, 6.45) is 6.57. The molecule has 0 aliphatic heterocycles. The topological polar surface area (TPSA) is 76.6 Å². The molecule has 30 heavy (non-hydrogen) atoms. The maximum atomic E-state index is 12.5. The molecule has 6 nitrogen and oxygen atoms in total. The molecule has 0 saturated carbocycles. The molecular weight excluding hydrogens is 400 g/mol. The van der Waals surface area contributed by atoms with E-state index in [0.717, 1.165) is 15.4 Å². The van der Waals surface area contributed by atoms with Gasteiger partial charge in [-0.2, -0.15) is 0 Å². The number of hydrogen-bond acceptors (Lipinski definition) is 5. The summed E-state index contributed by atoms with van der Waals surface area (Å²) < 4.78 is 31.3. The largest absolute Gasteiger partial charge is 0.488 e. The van der Waals surface area contributed by atoms with E-state index in [9.17, 15) is 13.2 Å². The van der Waals surface area contributed by atoms with Crippen molar-refractivity contribution in [3.8, 4) is 5.75 Å². The molecular formula is C23H22N2O4S. The second kappa shape index (κ2) is 9.47. The Morgan fingerprint density at radius 2 is 1.77 bits per heavy atom. The molecule has 0 fully saturated rings. The van der Waals surface area contributed by atoms with Crippen molar-refractivity contribution in [3.05, 3.63) is 95.8 Å². The molecule has 0 bridgehead atoms. The summed E-state index contributed by atoms with van der Waals surface area (Å²) >= 11 is 0. The van der Waals surface area contributed by atoms with Crippen LogP contribution in [0.25, 0.3) is 6.08 Å². The van der Waals surface area contributed by atoms with Crippen molar-refractivity contribution in [3.63, 3.8) is 0 Å². The summed E-state index contributed by atoms with van der Waals surface area (Å²) in [5.41, 5.74) is 2.11. The third-order valence-electron chi connectivity index (χ3n) is 4.37. The Labute approximate surface area is 176 Å². The number of benzene rings is 2. The fraction of sp³-hybridized carbons (Fsp3) is 0.130. The Morgan fingerprint density at radius 1 is 1.03 bits per heavy atom. The Balaban J connectivity index is 1.72. The zero-order valence-corrected chi connectivity index (χ0v) is 17.5. The van der Waals surface area contributed by atoms with E-state index >= 15 is 0 Å². The lowest BCUT2D eigenvalue weighted by Gasteiger charge is -2.11. The van der Waals surface area contributed by atoms with E-state index in [-0.39, 0.29) is 10.7 Å².